The van der Waals surface area contributed by atoms with Crippen LogP contribution in [0.1, 0.15) is 25.7 Å². The van der Waals surface area contributed by atoms with Crippen molar-refractivity contribution in [1.82, 2.24) is 15.1 Å². The third kappa shape index (κ3) is 2.05. The molecular weight excluding hydrogens is 226 g/mol. The van der Waals surface area contributed by atoms with E-state index in [9.17, 15) is 4.79 Å². The number of carbonyl (C=O) groups excluding carboxylic acids is 1. The summed E-state index contributed by atoms with van der Waals surface area (Å²) >= 11 is 0. The van der Waals surface area contributed by atoms with Crippen molar-refractivity contribution in [2.45, 2.75) is 37.8 Å². The Balaban J connectivity index is 1.62. The second-order valence-corrected chi connectivity index (χ2v) is 6.43. The van der Waals surface area contributed by atoms with Gasteiger partial charge in [0.2, 0.25) is 5.91 Å². The summed E-state index contributed by atoms with van der Waals surface area (Å²) in [5.74, 6) is 1.76. The summed E-state index contributed by atoms with van der Waals surface area (Å²) in [5.41, 5.74) is 0. The molecule has 0 spiro atoms. The molecule has 3 rings (SSSR count). The molecule has 1 saturated carbocycles. The van der Waals surface area contributed by atoms with Gasteiger partial charge in [0.15, 0.2) is 0 Å². The van der Waals surface area contributed by atoms with Crippen molar-refractivity contribution < 1.29 is 4.79 Å². The summed E-state index contributed by atoms with van der Waals surface area (Å²) in [6.45, 7) is 2.92. The van der Waals surface area contributed by atoms with Crippen molar-refractivity contribution in [1.29, 1.82) is 0 Å². The van der Waals surface area contributed by atoms with Crippen molar-refractivity contribution in [3.63, 3.8) is 0 Å². The maximum Gasteiger partial charge on any atom is 0.240 e. The third-order valence-corrected chi connectivity index (χ3v) is 5.22. The Hall–Kier alpha value is -0.610. The SMILES string of the molecule is CN(C)C1CCN(C(=O)C2NCC3CCCC32)C1. The molecule has 1 N–H and O–H groups in total. The molecule has 2 aliphatic heterocycles. The number of hydrogen-bond acceptors (Lipinski definition) is 3. The van der Waals surface area contributed by atoms with E-state index < -0.39 is 0 Å². The van der Waals surface area contributed by atoms with Gasteiger partial charge in [-0.1, -0.05) is 6.42 Å². The zero-order valence-corrected chi connectivity index (χ0v) is 11.6. The highest BCUT2D eigenvalue weighted by atomic mass is 16.2. The quantitative estimate of drug-likeness (QED) is 0.778. The van der Waals surface area contributed by atoms with Crippen molar-refractivity contribution in [3.8, 4) is 0 Å². The lowest BCUT2D eigenvalue weighted by Crippen LogP contribution is -2.46. The number of hydrogen-bond donors (Lipinski definition) is 1. The number of amides is 1. The summed E-state index contributed by atoms with van der Waals surface area (Å²) in [6.07, 6.45) is 5.02. The first-order valence-electron chi connectivity index (χ1n) is 7.35. The van der Waals surface area contributed by atoms with Crippen LogP contribution in [0.25, 0.3) is 0 Å². The molecule has 0 bridgehead atoms. The molecule has 3 fully saturated rings. The Morgan fingerprint density at radius 2 is 2.11 bits per heavy atom. The molecule has 18 heavy (non-hydrogen) atoms. The molecule has 0 aromatic carbocycles. The van der Waals surface area contributed by atoms with Crippen molar-refractivity contribution >= 4 is 5.91 Å². The van der Waals surface area contributed by atoms with Crippen LogP contribution in [0.3, 0.4) is 0 Å². The van der Waals surface area contributed by atoms with Gasteiger partial charge >= 0.3 is 0 Å². The van der Waals surface area contributed by atoms with E-state index >= 15 is 0 Å². The van der Waals surface area contributed by atoms with Gasteiger partial charge in [-0.05, 0) is 51.7 Å². The van der Waals surface area contributed by atoms with Gasteiger partial charge in [-0.2, -0.15) is 0 Å². The fourth-order valence-electron chi connectivity index (χ4n) is 4.02. The molecule has 102 valence electrons. The molecule has 2 saturated heterocycles. The van der Waals surface area contributed by atoms with Gasteiger partial charge in [-0.3, -0.25) is 4.79 Å². The zero-order valence-electron chi connectivity index (χ0n) is 11.6. The molecule has 4 atom stereocenters. The second kappa shape index (κ2) is 4.82. The van der Waals surface area contributed by atoms with Crippen LogP contribution in [0.2, 0.25) is 0 Å². The van der Waals surface area contributed by atoms with E-state index in [2.05, 4.69) is 29.2 Å². The van der Waals surface area contributed by atoms with Crippen LogP contribution < -0.4 is 5.32 Å². The number of likely N-dealkylation sites (N-methyl/N-ethyl adjacent to an activating group) is 1. The normalized spacial score (nSPS) is 39.6. The highest BCUT2D eigenvalue weighted by Crippen LogP contribution is 2.38. The first-order chi connectivity index (χ1) is 8.66. The van der Waals surface area contributed by atoms with Gasteiger partial charge in [-0.15, -0.1) is 0 Å². The number of fused-ring (bicyclic) bond motifs is 1. The Kier molecular flexibility index (Phi) is 3.32. The Labute approximate surface area is 110 Å². The van der Waals surface area contributed by atoms with Crippen molar-refractivity contribution in [2.24, 2.45) is 11.8 Å². The number of nitrogens with zero attached hydrogens (tertiary/aromatic N) is 2. The molecule has 0 radical (unpaired) electrons. The van der Waals surface area contributed by atoms with Crippen LogP contribution in [0.15, 0.2) is 0 Å². The predicted molar refractivity (Wildman–Crippen MR) is 71.3 cm³/mol. The summed E-state index contributed by atoms with van der Waals surface area (Å²) in [6, 6.07) is 0.674. The standard InChI is InChI=1S/C14H25N3O/c1-16(2)11-6-7-17(9-11)14(18)13-12-5-3-4-10(12)8-15-13/h10-13,15H,3-9H2,1-2H3. The second-order valence-electron chi connectivity index (χ2n) is 6.43. The van der Waals surface area contributed by atoms with Gasteiger partial charge in [-0.25, -0.2) is 0 Å². The van der Waals surface area contributed by atoms with Crippen LogP contribution in [0, 0.1) is 11.8 Å². The van der Waals surface area contributed by atoms with Crippen molar-refractivity contribution in [3.05, 3.63) is 0 Å². The monoisotopic (exact) mass is 251 g/mol. The summed E-state index contributed by atoms with van der Waals surface area (Å²) in [7, 11) is 4.22. The minimum Gasteiger partial charge on any atom is -0.340 e. The maximum absolute atomic E-state index is 12.6. The summed E-state index contributed by atoms with van der Waals surface area (Å²) < 4.78 is 0. The fourth-order valence-corrected chi connectivity index (χ4v) is 4.02. The molecule has 4 nitrogen and oxygen atoms in total. The highest BCUT2D eigenvalue weighted by Gasteiger charge is 2.44. The molecule has 0 aromatic rings. The van der Waals surface area contributed by atoms with E-state index in [1.165, 1.54) is 19.3 Å². The first-order valence-corrected chi connectivity index (χ1v) is 7.35. The fraction of sp³-hybridized carbons (Fsp3) is 0.929. The van der Waals surface area contributed by atoms with Gasteiger partial charge in [0.05, 0.1) is 6.04 Å². The van der Waals surface area contributed by atoms with Crippen LogP contribution in [-0.2, 0) is 4.79 Å². The largest absolute Gasteiger partial charge is 0.340 e. The summed E-state index contributed by atoms with van der Waals surface area (Å²) in [5, 5.41) is 3.47. The number of carbonyl (C=O) groups is 1. The lowest BCUT2D eigenvalue weighted by molar-refractivity contribution is -0.133. The Morgan fingerprint density at radius 3 is 2.83 bits per heavy atom. The van der Waals surface area contributed by atoms with Crippen LogP contribution in [0.5, 0.6) is 0 Å². The topological polar surface area (TPSA) is 35.6 Å². The number of nitrogens with one attached hydrogen (secondary N) is 1. The van der Waals surface area contributed by atoms with Gasteiger partial charge < -0.3 is 15.1 Å². The maximum atomic E-state index is 12.6. The average Bonchev–Trinajstić information content (AvgIpc) is 3.04. The van der Waals surface area contributed by atoms with E-state index in [0.717, 1.165) is 32.0 Å². The van der Waals surface area contributed by atoms with Crippen molar-refractivity contribution in [2.75, 3.05) is 33.7 Å². The lowest BCUT2D eigenvalue weighted by Gasteiger charge is -2.25. The minimum absolute atomic E-state index is 0.124. The van der Waals surface area contributed by atoms with Crippen LogP contribution in [0.4, 0.5) is 0 Å². The molecule has 2 heterocycles. The van der Waals surface area contributed by atoms with Gasteiger partial charge in [0, 0.05) is 19.1 Å². The highest BCUT2D eigenvalue weighted by molar-refractivity contribution is 5.83. The molecule has 0 aromatic heterocycles. The Morgan fingerprint density at radius 1 is 1.28 bits per heavy atom. The zero-order chi connectivity index (χ0) is 12.7. The van der Waals surface area contributed by atoms with E-state index in [0.29, 0.717) is 17.9 Å². The minimum atomic E-state index is 0.124. The van der Waals surface area contributed by atoms with Gasteiger partial charge in [0.1, 0.15) is 0 Å². The molecule has 4 unspecified atom stereocenters. The summed E-state index contributed by atoms with van der Waals surface area (Å²) in [4.78, 5) is 16.9. The molecule has 3 aliphatic rings. The average molecular weight is 251 g/mol. The lowest BCUT2D eigenvalue weighted by atomic mass is 9.93. The first kappa shape index (κ1) is 12.4. The van der Waals surface area contributed by atoms with Crippen LogP contribution in [-0.4, -0.2) is 61.5 Å². The molecule has 1 amide bonds. The smallest absolute Gasteiger partial charge is 0.240 e. The molecule has 1 aliphatic carbocycles. The number of likely N-dealkylation sites (tertiary alicyclic amines) is 1. The van der Waals surface area contributed by atoms with E-state index in [1.54, 1.807) is 0 Å². The molecular formula is C14H25N3O. The van der Waals surface area contributed by atoms with Crippen LogP contribution >= 0.6 is 0 Å². The molecule has 4 heteroatoms. The predicted octanol–water partition coefficient (Wildman–Crippen LogP) is 0.537. The Bertz CT molecular complexity index is 331. The van der Waals surface area contributed by atoms with E-state index in [-0.39, 0.29) is 6.04 Å². The third-order valence-electron chi connectivity index (χ3n) is 5.22. The van der Waals surface area contributed by atoms with E-state index in [1.807, 2.05) is 0 Å². The van der Waals surface area contributed by atoms with Gasteiger partial charge in [0.25, 0.3) is 0 Å². The number of rotatable bonds is 2. The van der Waals surface area contributed by atoms with E-state index in [4.69, 9.17) is 0 Å².